The Balaban J connectivity index is 1.91. The summed E-state index contributed by atoms with van der Waals surface area (Å²) >= 11 is 0. The Kier molecular flexibility index (Phi) is 4.12. The minimum atomic E-state index is -0.584. The summed E-state index contributed by atoms with van der Waals surface area (Å²) in [6.07, 6.45) is 1.74. The number of nitrogens with two attached hydrogens (primary N) is 1. The van der Waals surface area contributed by atoms with E-state index in [0.717, 1.165) is 18.4 Å². The van der Waals surface area contributed by atoms with Crippen molar-refractivity contribution in [2.75, 3.05) is 13.2 Å². The van der Waals surface area contributed by atoms with Gasteiger partial charge in [-0.05, 0) is 18.4 Å². The van der Waals surface area contributed by atoms with Gasteiger partial charge in [0.25, 0.3) is 0 Å². The molecule has 1 amide bonds. The summed E-state index contributed by atoms with van der Waals surface area (Å²) < 4.78 is 5.24. The fraction of sp³-hybridized carbons (Fsp3) is 0.462. The van der Waals surface area contributed by atoms with E-state index in [2.05, 4.69) is 5.32 Å². The van der Waals surface area contributed by atoms with Gasteiger partial charge in [-0.3, -0.25) is 4.79 Å². The van der Waals surface area contributed by atoms with Crippen molar-refractivity contribution in [3.63, 3.8) is 0 Å². The first-order valence-corrected chi connectivity index (χ1v) is 5.96. The van der Waals surface area contributed by atoms with Gasteiger partial charge in [0.2, 0.25) is 5.91 Å². The number of carbonyl (C=O) groups is 1. The number of hydrogen-bond donors (Lipinski definition) is 2. The van der Waals surface area contributed by atoms with Crippen LogP contribution in [0.4, 0.5) is 0 Å². The Bertz CT molecular complexity index is 361. The molecule has 1 aromatic rings. The van der Waals surface area contributed by atoms with Crippen LogP contribution in [0.5, 0.6) is 0 Å². The van der Waals surface area contributed by atoms with Crippen LogP contribution in [-0.2, 0) is 9.53 Å². The van der Waals surface area contributed by atoms with Gasteiger partial charge in [0.05, 0.1) is 0 Å². The third kappa shape index (κ3) is 3.28. The molecule has 17 heavy (non-hydrogen) atoms. The third-order valence-electron chi connectivity index (χ3n) is 3.01. The number of benzene rings is 1. The van der Waals surface area contributed by atoms with E-state index in [1.807, 2.05) is 30.3 Å². The van der Waals surface area contributed by atoms with Crippen LogP contribution in [0.1, 0.15) is 24.4 Å². The second kappa shape index (κ2) is 5.80. The lowest BCUT2D eigenvalue weighted by atomic mass is 10.1. The summed E-state index contributed by atoms with van der Waals surface area (Å²) in [5.74, 6) is -0.108. The van der Waals surface area contributed by atoms with Crippen molar-refractivity contribution in [1.29, 1.82) is 0 Å². The van der Waals surface area contributed by atoms with Crippen LogP contribution in [0.3, 0.4) is 0 Å². The van der Waals surface area contributed by atoms with Crippen molar-refractivity contribution in [2.45, 2.75) is 24.9 Å². The molecule has 0 unspecified atom stereocenters. The lowest BCUT2D eigenvalue weighted by molar-refractivity contribution is -0.123. The van der Waals surface area contributed by atoms with E-state index in [4.69, 9.17) is 10.5 Å². The molecule has 0 aliphatic carbocycles. The summed E-state index contributed by atoms with van der Waals surface area (Å²) in [7, 11) is 0. The zero-order chi connectivity index (χ0) is 12.1. The molecule has 2 rings (SSSR count). The van der Waals surface area contributed by atoms with Crippen LogP contribution in [-0.4, -0.2) is 25.2 Å². The maximum absolute atomic E-state index is 11.9. The van der Waals surface area contributed by atoms with E-state index in [1.165, 1.54) is 0 Å². The highest BCUT2D eigenvalue weighted by atomic mass is 16.5. The Hall–Kier alpha value is -1.39. The number of hydrogen-bond acceptors (Lipinski definition) is 3. The molecule has 4 nitrogen and oxygen atoms in total. The highest BCUT2D eigenvalue weighted by molar-refractivity contribution is 5.83. The zero-order valence-electron chi connectivity index (χ0n) is 9.76. The molecule has 1 heterocycles. The van der Waals surface area contributed by atoms with Gasteiger partial charge >= 0.3 is 0 Å². The summed E-state index contributed by atoms with van der Waals surface area (Å²) in [4.78, 5) is 11.9. The van der Waals surface area contributed by atoms with Crippen LogP contribution in [0.2, 0.25) is 0 Å². The van der Waals surface area contributed by atoms with Gasteiger partial charge in [0.1, 0.15) is 6.04 Å². The lowest BCUT2D eigenvalue weighted by Crippen LogP contribution is -2.43. The van der Waals surface area contributed by atoms with Crippen LogP contribution < -0.4 is 11.1 Å². The molecule has 1 saturated heterocycles. The van der Waals surface area contributed by atoms with Crippen molar-refractivity contribution < 1.29 is 9.53 Å². The summed E-state index contributed by atoms with van der Waals surface area (Å²) in [5, 5.41) is 2.97. The smallest absolute Gasteiger partial charge is 0.241 e. The molecule has 1 atom stereocenters. The van der Waals surface area contributed by atoms with Crippen molar-refractivity contribution in [3.05, 3.63) is 35.9 Å². The molecule has 0 aromatic heterocycles. The van der Waals surface area contributed by atoms with E-state index < -0.39 is 6.04 Å². The first-order valence-electron chi connectivity index (χ1n) is 5.96. The predicted molar refractivity (Wildman–Crippen MR) is 65.4 cm³/mol. The quantitative estimate of drug-likeness (QED) is 0.819. The van der Waals surface area contributed by atoms with Gasteiger partial charge in [-0.2, -0.15) is 0 Å². The lowest BCUT2D eigenvalue weighted by Gasteiger charge is -2.24. The van der Waals surface area contributed by atoms with E-state index >= 15 is 0 Å². The van der Waals surface area contributed by atoms with E-state index in [-0.39, 0.29) is 11.9 Å². The molecular formula is C13H18N2O2. The minimum Gasteiger partial charge on any atom is -0.381 e. The maximum Gasteiger partial charge on any atom is 0.241 e. The van der Waals surface area contributed by atoms with Gasteiger partial charge in [-0.25, -0.2) is 0 Å². The second-order valence-electron chi connectivity index (χ2n) is 4.28. The van der Waals surface area contributed by atoms with Gasteiger partial charge in [0.15, 0.2) is 0 Å². The number of rotatable bonds is 3. The fourth-order valence-electron chi connectivity index (χ4n) is 1.94. The zero-order valence-corrected chi connectivity index (χ0v) is 9.76. The number of nitrogens with one attached hydrogen (secondary N) is 1. The van der Waals surface area contributed by atoms with E-state index in [9.17, 15) is 4.79 Å². The van der Waals surface area contributed by atoms with Crippen LogP contribution in [0, 0.1) is 0 Å². The van der Waals surface area contributed by atoms with Crippen molar-refractivity contribution in [2.24, 2.45) is 5.73 Å². The SMILES string of the molecule is N[C@@H](C(=O)NC1CCOCC1)c1ccccc1. The summed E-state index contributed by atoms with van der Waals surface area (Å²) in [5.41, 5.74) is 6.76. The summed E-state index contributed by atoms with van der Waals surface area (Å²) in [6.45, 7) is 1.43. The maximum atomic E-state index is 11.9. The Morgan fingerprint density at radius 1 is 1.29 bits per heavy atom. The van der Waals surface area contributed by atoms with Crippen molar-refractivity contribution >= 4 is 5.91 Å². The number of ether oxygens (including phenoxy) is 1. The fourth-order valence-corrected chi connectivity index (χ4v) is 1.94. The number of carbonyl (C=O) groups excluding carboxylic acids is 1. The Morgan fingerprint density at radius 2 is 1.94 bits per heavy atom. The average molecular weight is 234 g/mol. The standard InChI is InChI=1S/C13H18N2O2/c14-12(10-4-2-1-3-5-10)13(16)15-11-6-8-17-9-7-11/h1-5,11-12H,6-9,14H2,(H,15,16)/t12-/m1/s1. The van der Waals surface area contributed by atoms with Crippen LogP contribution in [0.15, 0.2) is 30.3 Å². The third-order valence-corrected chi connectivity index (χ3v) is 3.01. The van der Waals surface area contributed by atoms with Gasteiger partial charge in [0, 0.05) is 19.3 Å². The molecule has 0 spiro atoms. The van der Waals surface area contributed by atoms with Gasteiger partial charge in [-0.15, -0.1) is 0 Å². The highest BCUT2D eigenvalue weighted by Gasteiger charge is 2.20. The van der Waals surface area contributed by atoms with Crippen molar-refractivity contribution in [3.8, 4) is 0 Å². The molecular weight excluding hydrogens is 216 g/mol. The van der Waals surface area contributed by atoms with E-state index in [0.29, 0.717) is 13.2 Å². The molecule has 1 aliphatic rings. The van der Waals surface area contributed by atoms with Gasteiger partial charge in [-0.1, -0.05) is 30.3 Å². The van der Waals surface area contributed by atoms with E-state index in [1.54, 1.807) is 0 Å². The predicted octanol–water partition coefficient (Wildman–Crippen LogP) is 0.982. The average Bonchev–Trinajstić information content (AvgIpc) is 2.40. The second-order valence-corrected chi connectivity index (χ2v) is 4.28. The molecule has 92 valence electrons. The molecule has 1 aliphatic heterocycles. The Morgan fingerprint density at radius 3 is 2.59 bits per heavy atom. The molecule has 0 radical (unpaired) electrons. The van der Waals surface area contributed by atoms with Gasteiger partial charge < -0.3 is 15.8 Å². The first kappa shape index (κ1) is 12.1. The minimum absolute atomic E-state index is 0.108. The Labute approximate surface area is 101 Å². The monoisotopic (exact) mass is 234 g/mol. The first-order chi connectivity index (χ1) is 8.27. The largest absolute Gasteiger partial charge is 0.381 e. The van der Waals surface area contributed by atoms with Crippen LogP contribution in [0.25, 0.3) is 0 Å². The molecule has 0 bridgehead atoms. The summed E-state index contributed by atoms with van der Waals surface area (Å²) in [6, 6.07) is 9.04. The number of amides is 1. The topological polar surface area (TPSA) is 64.4 Å². The van der Waals surface area contributed by atoms with Crippen molar-refractivity contribution in [1.82, 2.24) is 5.32 Å². The molecule has 1 fully saturated rings. The molecule has 3 N–H and O–H groups in total. The molecule has 0 saturated carbocycles. The molecule has 1 aromatic carbocycles. The van der Waals surface area contributed by atoms with Crippen LogP contribution >= 0.6 is 0 Å². The molecule has 4 heteroatoms. The normalized spacial score (nSPS) is 18.6. The highest BCUT2D eigenvalue weighted by Crippen LogP contribution is 2.12.